The summed E-state index contributed by atoms with van der Waals surface area (Å²) in [5, 5.41) is 11.4. The molecule has 4 saturated carbocycles. The molecule has 0 aromatic heterocycles. The van der Waals surface area contributed by atoms with Crippen molar-refractivity contribution >= 4 is 29.3 Å². The highest BCUT2D eigenvalue weighted by Gasteiger charge is 2.72. The Balaban J connectivity index is 1.71. The molecule has 0 radical (unpaired) electrons. The highest BCUT2D eigenvalue weighted by Crippen LogP contribution is 2.71. The van der Waals surface area contributed by atoms with Gasteiger partial charge in [0.2, 0.25) is 0 Å². The van der Waals surface area contributed by atoms with E-state index in [-0.39, 0.29) is 41.0 Å². The first-order chi connectivity index (χ1) is 15.2. The lowest BCUT2D eigenvalue weighted by atomic mass is 9.43. The summed E-state index contributed by atoms with van der Waals surface area (Å²) in [4.78, 5) is 35.8. The summed E-state index contributed by atoms with van der Waals surface area (Å²) in [6.07, 6.45) is 3.53. The Morgan fingerprint density at radius 3 is 2.24 bits per heavy atom. The van der Waals surface area contributed by atoms with E-state index < -0.39 is 28.0 Å². The molecular weight excluding hydrogens is 444 g/mol. The predicted molar refractivity (Wildman–Crippen MR) is 123 cm³/mol. The molecular formula is C26H37ClO6. The minimum Gasteiger partial charge on any atom is -0.462 e. The Labute approximate surface area is 201 Å². The van der Waals surface area contributed by atoms with Crippen molar-refractivity contribution in [3.8, 4) is 0 Å². The average Bonchev–Trinajstić information content (AvgIpc) is 2.92. The first kappa shape index (κ1) is 24.7. The zero-order valence-electron chi connectivity index (χ0n) is 20.4. The maximum absolute atomic E-state index is 13.0. The van der Waals surface area contributed by atoms with Crippen molar-refractivity contribution < 1.29 is 29.0 Å². The Hall–Kier alpha value is -1.40. The molecule has 184 valence electrons. The fourth-order valence-corrected chi connectivity index (χ4v) is 9.10. The number of ether oxygens (including phenoxy) is 2. The van der Waals surface area contributed by atoms with Gasteiger partial charge in [-0.05, 0) is 74.2 Å². The van der Waals surface area contributed by atoms with E-state index in [4.69, 9.17) is 21.1 Å². The second kappa shape index (κ2) is 7.81. The molecule has 0 bridgehead atoms. The summed E-state index contributed by atoms with van der Waals surface area (Å²) < 4.78 is 11.3. The van der Waals surface area contributed by atoms with Crippen LogP contribution >= 0.6 is 11.6 Å². The van der Waals surface area contributed by atoms with E-state index >= 15 is 0 Å². The zero-order valence-corrected chi connectivity index (χ0v) is 21.2. The molecule has 9 atom stereocenters. The lowest BCUT2D eigenvalue weighted by Crippen LogP contribution is -2.67. The summed E-state index contributed by atoms with van der Waals surface area (Å²) >= 11 is 7.27. The Bertz CT molecular complexity index is 901. The Kier molecular flexibility index (Phi) is 5.85. The van der Waals surface area contributed by atoms with E-state index in [2.05, 4.69) is 20.4 Å². The number of hydrogen-bond acceptors (Lipinski definition) is 6. The van der Waals surface area contributed by atoms with E-state index in [1.54, 1.807) is 0 Å². The molecule has 0 spiro atoms. The molecule has 1 N–H and O–H groups in total. The number of Topliss-reactive ketones (excluding diaryl/α,β-unsaturated/α-hetero) is 1. The van der Waals surface area contributed by atoms with Crippen LogP contribution in [0.15, 0.2) is 12.2 Å². The first-order valence-electron chi connectivity index (χ1n) is 12.2. The van der Waals surface area contributed by atoms with Crippen molar-refractivity contribution in [1.29, 1.82) is 0 Å². The molecule has 0 saturated heterocycles. The highest BCUT2D eigenvalue weighted by atomic mass is 35.5. The standard InChI is InChI=1S/C26H37ClO6/c1-14-11-21-19-12-22(31)25(27)13-18(32-16(3)29)7-9-23(25,5)20(19)8-10-24(21,6)26(14,15(2)28)33-17(4)30/h18-22,31H,1,7-13H2,2-6H3. The maximum atomic E-state index is 13.0. The Morgan fingerprint density at radius 2 is 1.67 bits per heavy atom. The number of rotatable bonds is 3. The number of fused-ring (bicyclic) bond motifs is 5. The normalized spacial score (nSPS) is 48.8. The van der Waals surface area contributed by atoms with Gasteiger partial charge in [-0.3, -0.25) is 14.4 Å². The van der Waals surface area contributed by atoms with Gasteiger partial charge in [0.1, 0.15) is 6.10 Å². The smallest absolute Gasteiger partial charge is 0.303 e. The van der Waals surface area contributed by atoms with Crippen LogP contribution in [0.1, 0.15) is 79.6 Å². The van der Waals surface area contributed by atoms with Crippen LogP contribution in [0, 0.1) is 28.6 Å². The number of alkyl halides is 1. The average molecular weight is 481 g/mol. The number of aliphatic hydroxyl groups excluding tert-OH is 1. The summed E-state index contributed by atoms with van der Waals surface area (Å²) in [5.41, 5.74) is -1.55. The molecule has 0 heterocycles. The van der Waals surface area contributed by atoms with Crippen molar-refractivity contribution in [2.45, 2.75) is 102 Å². The zero-order chi connectivity index (χ0) is 24.6. The van der Waals surface area contributed by atoms with Crippen molar-refractivity contribution in [2.24, 2.45) is 28.6 Å². The molecule has 0 aromatic rings. The SMILES string of the molecule is C=C1CC2C3CC(O)C4(Cl)CC(OC(C)=O)CCC4(C)C3CCC2(C)C1(OC(C)=O)C(C)=O. The number of aliphatic hydroxyl groups is 1. The molecule has 6 nitrogen and oxygen atoms in total. The molecule has 0 amide bonds. The lowest BCUT2D eigenvalue weighted by Gasteiger charge is -2.65. The number of esters is 2. The van der Waals surface area contributed by atoms with Gasteiger partial charge in [-0.15, -0.1) is 11.6 Å². The van der Waals surface area contributed by atoms with E-state index in [9.17, 15) is 19.5 Å². The third kappa shape index (κ3) is 3.19. The largest absolute Gasteiger partial charge is 0.462 e. The third-order valence-electron chi connectivity index (χ3n) is 10.0. The fraction of sp³-hybridized carbons (Fsp3) is 0.808. The van der Waals surface area contributed by atoms with Crippen molar-refractivity contribution in [1.82, 2.24) is 0 Å². The molecule has 0 aromatic carbocycles. The maximum Gasteiger partial charge on any atom is 0.303 e. The van der Waals surface area contributed by atoms with Crippen LogP contribution in [0.3, 0.4) is 0 Å². The second-order valence-corrected chi connectivity index (χ2v) is 12.2. The van der Waals surface area contributed by atoms with Gasteiger partial charge in [0.15, 0.2) is 11.4 Å². The molecule has 4 aliphatic rings. The van der Waals surface area contributed by atoms with Gasteiger partial charge in [-0.2, -0.15) is 0 Å². The molecule has 9 unspecified atom stereocenters. The van der Waals surface area contributed by atoms with E-state index in [0.29, 0.717) is 24.8 Å². The Morgan fingerprint density at radius 1 is 1.03 bits per heavy atom. The summed E-state index contributed by atoms with van der Waals surface area (Å²) in [6.45, 7) is 12.7. The monoisotopic (exact) mass is 480 g/mol. The number of ketones is 1. The van der Waals surface area contributed by atoms with Gasteiger partial charge in [-0.1, -0.05) is 20.4 Å². The van der Waals surface area contributed by atoms with E-state index in [0.717, 1.165) is 25.7 Å². The van der Waals surface area contributed by atoms with Crippen molar-refractivity contribution in [2.75, 3.05) is 0 Å². The van der Waals surface area contributed by atoms with Crippen LogP contribution in [-0.4, -0.2) is 45.5 Å². The van der Waals surface area contributed by atoms with Gasteiger partial charge in [0.05, 0.1) is 11.0 Å². The van der Waals surface area contributed by atoms with Gasteiger partial charge < -0.3 is 14.6 Å². The summed E-state index contributed by atoms with van der Waals surface area (Å²) in [5.74, 6) is -0.532. The van der Waals surface area contributed by atoms with E-state index in [1.807, 2.05) is 0 Å². The summed E-state index contributed by atoms with van der Waals surface area (Å²) in [7, 11) is 0. The number of carbonyl (C=O) groups excluding carboxylic acids is 3. The predicted octanol–water partition coefficient (Wildman–Crippen LogP) is 4.35. The first-order valence-corrected chi connectivity index (χ1v) is 12.5. The number of halogens is 1. The minimum absolute atomic E-state index is 0.0610. The van der Waals surface area contributed by atoms with Crippen molar-refractivity contribution in [3.63, 3.8) is 0 Å². The molecule has 4 aliphatic carbocycles. The number of hydrogen-bond donors (Lipinski definition) is 1. The molecule has 4 rings (SSSR count). The highest BCUT2D eigenvalue weighted by molar-refractivity contribution is 6.25. The second-order valence-electron chi connectivity index (χ2n) is 11.5. The van der Waals surface area contributed by atoms with E-state index in [1.165, 1.54) is 20.8 Å². The minimum atomic E-state index is -1.32. The molecule has 4 fully saturated rings. The quantitative estimate of drug-likeness (QED) is 0.367. The number of carbonyl (C=O) groups is 3. The van der Waals surface area contributed by atoms with Crippen LogP contribution in [-0.2, 0) is 23.9 Å². The molecule has 0 aliphatic heterocycles. The van der Waals surface area contributed by atoms with Crippen molar-refractivity contribution in [3.05, 3.63) is 12.2 Å². The van der Waals surface area contributed by atoms with Crippen LogP contribution < -0.4 is 0 Å². The molecule has 33 heavy (non-hydrogen) atoms. The van der Waals surface area contributed by atoms with Crippen LogP contribution in [0.25, 0.3) is 0 Å². The van der Waals surface area contributed by atoms with Gasteiger partial charge in [0, 0.05) is 25.7 Å². The lowest BCUT2D eigenvalue weighted by molar-refractivity contribution is -0.195. The third-order valence-corrected chi connectivity index (χ3v) is 10.9. The van der Waals surface area contributed by atoms with Gasteiger partial charge in [0.25, 0.3) is 0 Å². The van der Waals surface area contributed by atoms with Crippen LogP contribution in [0.2, 0.25) is 0 Å². The van der Waals surface area contributed by atoms with Gasteiger partial charge in [-0.25, -0.2) is 0 Å². The van der Waals surface area contributed by atoms with Crippen LogP contribution in [0.4, 0.5) is 0 Å². The fourth-order valence-electron chi connectivity index (χ4n) is 8.61. The molecule has 7 heteroatoms. The van der Waals surface area contributed by atoms with Crippen LogP contribution in [0.5, 0.6) is 0 Å². The van der Waals surface area contributed by atoms with Gasteiger partial charge >= 0.3 is 11.9 Å². The topological polar surface area (TPSA) is 89.9 Å². The summed E-state index contributed by atoms with van der Waals surface area (Å²) in [6, 6.07) is 0.